The molecule has 1 fully saturated rings. The normalized spacial score (nSPS) is 17.3. The number of imidazole rings is 1. The van der Waals surface area contributed by atoms with Crippen molar-refractivity contribution in [3.05, 3.63) is 28.2 Å². The van der Waals surface area contributed by atoms with E-state index in [-0.39, 0.29) is 23.8 Å². The topological polar surface area (TPSA) is 61.4 Å². The van der Waals surface area contributed by atoms with Gasteiger partial charge < -0.3 is 4.74 Å². The second-order valence-corrected chi connectivity index (χ2v) is 7.87. The number of fused-ring (bicyclic) bond motifs is 1. The number of hydrogen-bond donors (Lipinski definition) is 0. The van der Waals surface area contributed by atoms with Crippen LogP contribution in [0.1, 0.15) is 70.4 Å². The molecule has 2 aromatic heterocycles. The monoisotopic (exact) mass is 396 g/mol. The molecule has 1 saturated heterocycles. The van der Waals surface area contributed by atoms with E-state index in [0.29, 0.717) is 43.9 Å². The molecule has 2 aromatic rings. The first-order valence-corrected chi connectivity index (χ1v) is 10.3. The van der Waals surface area contributed by atoms with E-state index in [1.54, 1.807) is 15.3 Å². The fourth-order valence-corrected chi connectivity index (χ4v) is 3.86. The second-order valence-electron chi connectivity index (χ2n) is 7.87. The number of halogens is 2. The molecule has 1 unspecified atom stereocenters. The molecule has 156 valence electrons. The van der Waals surface area contributed by atoms with Gasteiger partial charge in [-0.05, 0) is 32.1 Å². The fraction of sp³-hybridized carbons (Fsp3) is 0.750. The first kappa shape index (κ1) is 20.9. The highest BCUT2D eigenvalue weighted by Gasteiger charge is 2.25. The summed E-state index contributed by atoms with van der Waals surface area (Å²) in [6.07, 6.45) is 4.88. The molecule has 1 aliphatic heterocycles. The molecule has 0 amide bonds. The van der Waals surface area contributed by atoms with Crippen LogP contribution >= 0.6 is 0 Å². The van der Waals surface area contributed by atoms with Gasteiger partial charge in [-0.15, -0.1) is 0 Å². The maximum atomic E-state index is 13.3. The van der Waals surface area contributed by atoms with E-state index in [2.05, 4.69) is 4.98 Å². The van der Waals surface area contributed by atoms with Crippen LogP contribution in [0.15, 0.2) is 11.0 Å². The average molecular weight is 396 g/mol. The van der Waals surface area contributed by atoms with Crippen LogP contribution in [0.5, 0.6) is 0 Å². The third-order valence-corrected chi connectivity index (χ3v) is 5.67. The zero-order chi connectivity index (χ0) is 20.3. The van der Waals surface area contributed by atoms with Crippen LogP contribution in [0.25, 0.3) is 5.52 Å². The van der Waals surface area contributed by atoms with E-state index >= 15 is 0 Å². The second kappa shape index (κ2) is 8.68. The van der Waals surface area contributed by atoms with Crippen LogP contribution in [-0.4, -0.2) is 38.3 Å². The number of aromatic nitrogens is 4. The molecule has 8 heteroatoms. The molecule has 0 aromatic carbocycles. The summed E-state index contributed by atoms with van der Waals surface area (Å²) in [5, 5.41) is 4.71. The Bertz CT molecular complexity index is 850. The molecule has 3 rings (SSSR count). The standard InChI is InChI=1S/C20H30F2N4O2/c1-4-14(6-9-20(3,21)22)13-25-17(5-2)24-26-16(19(25)27)12-23-18(26)15-7-10-28-11-8-15/h12,14-15H,4-11,13H2,1-3H3. The minimum atomic E-state index is -2.68. The molecule has 0 saturated carbocycles. The molecule has 0 radical (unpaired) electrons. The van der Waals surface area contributed by atoms with Gasteiger partial charge in [0.2, 0.25) is 5.92 Å². The number of ether oxygens (including phenoxy) is 1. The van der Waals surface area contributed by atoms with Gasteiger partial charge >= 0.3 is 0 Å². The SMILES string of the molecule is CCc1nn2c(C3CCOCC3)ncc2c(=O)n1CC(CC)CCC(C)(F)F. The lowest BCUT2D eigenvalue weighted by Gasteiger charge is -2.22. The highest BCUT2D eigenvalue weighted by molar-refractivity contribution is 5.43. The van der Waals surface area contributed by atoms with Gasteiger partial charge in [0.05, 0.1) is 6.20 Å². The van der Waals surface area contributed by atoms with E-state index in [1.165, 1.54) is 0 Å². The average Bonchev–Trinajstić information content (AvgIpc) is 3.10. The summed E-state index contributed by atoms with van der Waals surface area (Å²) in [4.78, 5) is 17.6. The Morgan fingerprint density at radius 3 is 2.64 bits per heavy atom. The van der Waals surface area contributed by atoms with Crippen molar-refractivity contribution in [1.82, 2.24) is 19.2 Å². The largest absolute Gasteiger partial charge is 0.381 e. The lowest BCUT2D eigenvalue weighted by Crippen LogP contribution is -2.31. The summed E-state index contributed by atoms with van der Waals surface area (Å²) in [6, 6.07) is 0. The first-order valence-electron chi connectivity index (χ1n) is 10.3. The summed E-state index contributed by atoms with van der Waals surface area (Å²) in [7, 11) is 0. The number of rotatable bonds is 8. The van der Waals surface area contributed by atoms with E-state index < -0.39 is 5.92 Å². The third kappa shape index (κ3) is 4.59. The van der Waals surface area contributed by atoms with Gasteiger partial charge in [-0.3, -0.25) is 9.36 Å². The van der Waals surface area contributed by atoms with Gasteiger partial charge in [0, 0.05) is 38.5 Å². The lowest BCUT2D eigenvalue weighted by molar-refractivity contribution is 0.00572. The summed E-state index contributed by atoms with van der Waals surface area (Å²) in [5.74, 6) is -0.951. The maximum Gasteiger partial charge on any atom is 0.279 e. The molecule has 0 bridgehead atoms. The summed E-state index contributed by atoms with van der Waals surface area (Å²) in [6.45, 7) is 6.67. The molecule has 1 aliphatic rings. The molecule has 0 spiro atoms. The van der Waals surface area contributed by atoms with Gasteiger partial charge in [-0.2, -0.15) is 5.10 Å². The predicted octanol–water partition coefficient (Wildman–Crippen LogP) is 3.81. The molecule has 3 heterocycles. The van der Waals surface area contributed by atoms with Crippen molar-refractivity contribution >= 4 is 5.52 Å². The van der Waals surface area contributed by atoms with Gasteiger partial charge in [-0.25, -0.2) is 18.3 Å². The van der Waals surface area contributed by atoms with Crippen LogP contribution in [0, 0.1) is 5.92 Å². The third-order valence-electron chi connectivity index (χ3n) is 5.67. The predicted molar refractivity (Wildman–Crippen MR) is 103 cm³/mol. The van der Waals surface area contributed by atoms with Crippen molar-refractivity contribution in [2.75, 3.05) is 13.2 Å². The number of alkyl halides is 2. The van der Waals surface area contributed by atoms with E-state index in [9.17, 15) is 13.6 Å². The van der Waals surface area contributed by atoms with E-state index in [4.69, 9.17) is 9.84 Å². The van der Waals surface area contributed by atoms with Crippen molar-refractivity contribution in [1.29, 1.82) is 0 Å². The fourth-order valence-electron chi connectivity index (χ4n) is 3.86. The van der Waals surface area contributed by atoms with Crippen LogP contribution < -0.4 is 5.56 Å². The molecule has 1 atom stereocenters. The number of nitrogens with zero attached hydrogens (tertiary/aromatic N) is 4. The Hall–Kier alpha value is -1.83. The smallest absolute Gasteiger partial charge is 0.279 e. The lowest BCUT2D eigenvalue weighted by atomic mass is 9.98. The van der Waals surface area contributed by atoms with Gasteiger partial charge in [0.15, 0.2) is 5.52 Å². The highest BCUT2D eigenvalue weighted by atomic mass is 19.3. The van der Waals surface area contributed by atoms with E-state index in [1.807, 2.05) is 13.8 Å². The zero-order valence-corrected chi connectivity index (χ0v) is 17.0. The Morgan fingerprint density at radius 2 is 2.04 bits per heavy atom. The van der Waals surface area contributed by atoms with Gasteiger partial charge in [0.25, 0.3) is 5.56 Å². The van der Waals surface area contributed by atoms with Crippen LogP contribution in [0.4, 0.5) is 8.78 Å². The van der Waals surface area contributed by atoms with E-state index in [0.717, 1.165) is 32.0 Å². The number of aryl methyl sites for hydroxylation is 1. The van der Waals surface area contributed by atoms with Crippen molar-refractivity contribution in [2.24, 2.45) is 5.92 Å². The van der Waals surface area contributed by atoms with Crippen molar-refractivity contribution in [2.45, 2.75) is 77.7 Å². The maximum absolute atomic E-state index is 13.3. The molecule has 6 nitrogen and oxygen atoms in total. The Balaban J connectivity index is 1.92. The molecular weight excluding hydrogens is 366 g/mol. The minimum Gasteiger partial charge on any atom is -0.381 e. The molecular formula is C20H30F2N4O2. The van der Waals surface area contributed by atoms with Crippen molar-refractivity contribution in [3.63, 3.8) is 0 Å². The molecule has 0 aliphatic carbocycles. The highest BCUT2D eigenvalue weighted by Crippen LogP contribution is 2.26. The molecule has 0 N–H and O–H groups in total. The Labute approximate surface area is 163 Å². The Morgan fingerprint density at radius 1 is 1.32 bits per heavy atom. The van der Waals surface area contributed by atoms with Crippen LogP contribution in [-0.2, 0) is 17.7 Å². The quantitative estimate of drug-likeness (QED) is 0.681. The Kier molecular flexibility index (Phi) is 6.47. The number of hydrogen-bond acceptors (Lipinski definition) is 4. The molecule has 28 heavy (non-hydrogen) atoms. The summed E-state index contributed by atoms with van der Waals surface area (Å²) < 4.78 is 35.3. The van der Waals surface area contributed by atoms with Gasteiger partial charge in [-0.1, -0.05) is 20.3 Å². The van der Waals surface area contributed by atoms with Crippen LogP contribution in [0.3, 0.4) is 0 Å². The van der Waals surface area contributed by atoms with Crippen molar-refractivity contribution < 1.29 is 13.5 Å². The minimum absolute atomic E-state index is 0.0101. The van der Waals surface area contributed by atoms with Gasteiger partial charge in [0.1, 0.15) is 11.6 Å². The van der Waals surface area contributed by atoms with Crippen molar-refractivity contribution in [3.8, 4) is 0 Å². The zero-order valence-electron chi connectivity index (χ0n) is 17.0. The summed E-state index contributed by atoms with van der Waals surface area (Å²) in [5.41, 5.74) is 0.314. The summed E-state index contributed by atoms with van der Waals surface area (Å²) >= 11 is 0. The first-order chi connectivity index (χ1) is 13.3. The van der Waals surface area contributed by atoms with Crippen LogP contribution in [0.2, 0.25) is 0 Å².